The van der Waals surface area contributed by atoms with Crippen LogP contribution in [0.1, 0.15) is 10.9 Å². The van der Waals surface area contributed by atoms with Crippen molar-refractivity contribution in [1.29, 1.82) is 0 Å². The van der Waals surface area contributed by atoms with Gasteiger partial charge in [-0.3, -0.25) is 14.3 Å². The fourth-order valence-electron chi connectivity index (χ4n) is 1.59. The van der Waals surface area contributed by atoms with Crippen LogP contribution in [0.25, 0.3) is 6.08 Å². The predicted molar refractivity (Wildman–Crippen MR) is 72.7 cm³/mol. The molecule has 1 aliphatic heterocycles. The molecule has 6 nitrogen and oxygen atoms in total. The van der Waals surface area contributed by atoms with Crippen molar-refractivity contribution in [2.75, 3.05) is 13.2 Å². The summed E-state index contributed by atoms with van der Waals surface area (Å²) in [4.78, 5) is 27.0. The lowest BCUT2D eigenvalue weighted by molar-refractivity contribution is 0.0803. The van der Waals surface area contributed by atoms with Crippen molar-refractivity contribution in [3.63, 3.8) is 0 Å². The predicted octanol–water partition coefficient (Wildman–Crippen LogP) is 0.483. The van der Waals surface area contributed by atoms with Gasteiger partial charge in [0.2, 0.25) is 0 Å². The fourth-order valence-corrected chi connectivity index (χ4v) is 2.91. The van der Waals surface area contributed by atoms with Crippen molar-refractivity contribution in [1.82, 2.24) is 9.55 Å². The Morgan fingerprint density at radius 2 is 2.44 bits per heavy atom. The second-order valence-electron chi connectivity index (χ2n) is 3.58. The second kappa shape index (κ2) is 5.87. The minimum Gasteiger partial charge on any atom is -0.393 e. The average molecular weight is 335 g/mol. The molecule has 0 unspecified atom stereocenters. The summed E-state index contributed by atoms with van der Waals surface area (Å²) in [6.07, 6.45) is 3.04. The maximum Gasteiger partial charge on any atom is 0.329 e. The van der Waals surface area contributed by atoms with Crippen LogP contribution in [-0.2, 0) is 4.74 Å². The van der Waals surface area contributed by atoms with Crippen LogP contribution in [0.2, 0.25) is 0 Å². The lowest BCUT2D eigenvalue weighted by Crippen LogP contribution is -2.32. The molecule has 2 heterocycles. The van der Waals surface area contributed by atoms with Crippen molar-refractivity contribution in [3.05, 3.63) is 37.6 Å². The molecule has 1 saturated heterocycles. The SMILES string of the molecule is O=c1[nH]c(=O)n([C@@H]2CO[C@@H](CO)S2)cc1/C=C/Br. The van der Waals surface area contributed by atoms with Crippen molar-refractivity contribution < 1.29 is 9.84 Å². The van der Waals surface area contributed by atoms with E-state index in [-0.39, 0.29) is 17.4 Å². The molecule has 0 radical (unpaired) electrons. The molecule has 98 valence electrons. The number of aliphatic hydroxyl groups excluding tert-OH is 1. The van der Waals surface area contributed by atoms with E-state index in [4.69, 9.17) is 9.84 Å². The maximum absolute atomic E-state index is 11.7. The third-order valence-corrected chi connectivity index (χ3v) is 3.96. The number of aromatic amines is 1. The first-order valence-electron chi connectivity index (χ1n) is 5.16. The number of H-pyrrole nitrogens is 1. The molecule has 1 aliphatic rings. The standard InChI is InChI=1S/C10H11BrN2O4S/c11-2-1-6-3-13(10(16)12-9(6)15)7-5-17-8(4-14)18-7/h1-3,7-8,14H,4-5H2,(H,12,15,16)/b2-1+/t7-,8+/m0/s1. The van der Waals surface area contributed by atoms with E-state index >= 15 is 0 Å². The fraction of sp³-hybridized carbons (Fsp3) is 0.400. The molecule has 0 spiro atoms. The Balaban J connectivity index is 2.36. The molecule has 0 saturated carbocycles. The lowest BCUT2D eigenvalue weighted by atomic mass is 10.3. The number of ether oxygens (including phenoxy) is 1. The van der Waals surface area contributed by atoms with Gasteiger partial charge in [-0.1, -0.05) is 15.9 Å². The molecule has 0 aromatic carbocycles. The third-order valence-electron chi connectivity index (χ3n) is 2.43. The van der Waals surface area contributed by atoms with Gasteiger partial charge in [-0.05, 0) is 11.1 Å². The van der Waals surface area contributed by atoms with Gasteiger partial charge in [0, 0.05) is 6.20 Å². The van der Waals surface area contributed by atoms with Crippen LogP contribution in [-0.4, -0.2) is 33.3 Å². The van der Waals surface area contributed by atoms with Gasteiger partial charge in [0.05, 0.1) is 18.8 Å². The second-order valence-corrected chi connectivity index (χ2v) is 5.45. The minimum atomic E-state index is -0.480. The molecule has 0 bridgehead atoms. The summed E-state index contributed by atoms with van der Waals surface area (Å²) in [5, 5.41) is 8.73. The zero-order chi connectivity index (χ0) is 13.1. The van der Waals surface area contributed by atoms with E-state index in [1.807, 2.05) is 0 Å². The van der Waals surface area contributed by atoms with E-state index in [2.05, 4.69) is 20.9 Å². The molecule has 1 aromatic heterocycles. The highest BCUT2D eigenvalue weighted by Crippen LogP contribution is 2.34. The summed E-state index contributed by atoms with van der Waals surface area (Å²) in [7, 11) is 0. The number of nitrogens with one attached hydrogen (secondary N) is 1. The Labute approximate surface area is 115 Å². The molecule has 18 heavy (non-hydrogen) atoms. The highest BCUT2D eigenvalue weighted by atomic mass is 79.9. The normalized spacial score (nSPS) is 23.9. The molecule has 1 aromatic rings. The molecule has 1 fully saturated rings. The van der Waals surface area contributed by atoms with Gasteiger partial charge < -0.3 is 9.84 Å². The van der Waals surface area contributed by atoms with Crippen LogP contribution in [0.5, 0.6) is 0 Å². The van der Waals surface area contributed by atoms with E-state index in [0.717, 1.165) is 0 Å². The van der Waals surface area contributed by atoms with Crippen molar-refractivity contribution in [3.8, 4) is 0 Å². The molecule has 8 heteroatoms. The summed E-state index contributed by atoms with van der Waals surface area (Å²) in [5.74, 6) is 0. The monoisotopic (exact) mass is 334 g/mol. The highest BCUT2D eigenvalue weighted by molar-refractivity contribution is 9.11. The number of aliphatic hydroxyl groups is 1. The molecule has 0 aliphatic carbocycles. The van der Waals surface area contributed by atoms with Crippen molar-refractivity contribution >= 4 is 33.8 Å². The van der Waals surface area contributed by atoms with Crippen molar-refractivity contribution in [2.24, 2.45) is 0 Å². The molecule has 2 N–H and O–H groups in total. The van der Waals surface area contributed by atoms with E-state index in [1.165, 1.54) is 22.5 Å². The Morgan fingerprint density at radius 3 is 3.06 bits per heavy atom. The minimum absolute atomic E-state index is 0.104. The Bertz CT molecular complexity index is 568. The van der Waals surface area contributed by atoms with E-state index in [0.29, 0.717) is 12.2 Å². The summed E-state index contributed by atoms with van der Waals surface area (Å²) >= 11 is 4.43. The van der Waals surface area contributed by atoms with Crippen LogP contribution in [0.4, 0.5) is 0 Å². The third kappa shape index (κ3) is 2.77. The van der Waals surface area contributed by atoms with Gasteiger partial charge in [-0.15, -0.1) is 11.8 Å². The van der Waals surface area contributed by atoms with Gasteiger partial charge in [-0.25, -0.2) is 4.79 Å². The van der Waals surface area contributed by atoms with E-state index in [1.54, 1.807) is 11.1 Å². The van der Waals surface area contributed by atoms with Crippen LogP contribution < -0.4 is 11.2 Å². The molecule has 2 rings (SSSR count). The summed E-state index contributed by atoms with van der Waals surface area (Å²) in [6.45, 7) is 0.215. The first-order valence-corrected chi connectivity index (χ1v) is 7.01. The first kappa shape index (κ1) is 13.6. The highest BCUT2D eigenvalue weighted by Gasteiger charge is 2.27. The number of hydrogen-bond acceptors (Lipinski definition) is 5. The van der Waals surface area contributed by atoms with Crippen LogP contribution >= 0.6 is 27.7 Å². The van der Waals surface area contributed by atoms with Crippen LogP contribution in [0.3, 0.4) is 0 Å². The molecule has 2 atom stereocenters. The largest absolute Gasteiger partial charge is 0.393 e. The first-order chi connectivity index (χ1) is 8.65. The maximum atomic E-state index is 11.7. The number of nitrogens with zero attached hydrogens (tertiary/aromatic N) is 1. The molecular formula is C10H11BrN2O4S. The lowest BCUT2D eigenvalue weighted by Gasteiger charge is -2.11. The van der Waals surface area contributed by atoms with Gasteiger partial charge in [0.15, 0.2) is 0 Å². The Morgan fingerprint density at radius 1 is 1.67 bits per heavy atom. The van der Waals surface area contributed by atoms with Crippen molar-refractivity contribution in [2.45, 2.75) is 10.8 Å². The Hall–Kier alpha value is -0.830. The van der Waals surface area contributed by atoms with E-state index < -0.39 is 11.2 Å². The zero-order valence-electron chi connectivity index (χ0n) is 9.21. The Kier molecular flexibility index (Phi) is 4.44. The smallest absolute Gasteiger partial charge is 0.329 e. The molecular weight excluding hydrogens is 324 g/mol. The van der Waals surface area contributed by atoms with Gasteiger partial charge in [0.1, 0.15) is 10.8 Å². The summed E-state index contributed by atoms with van der Waals surface area (Å²) in [5.41, 5.74) is -0.871. The summed E-state index contributed by atoms with van der Waals surface area (Å²) < 4.78 is 6.69. The van der Waals surface area contributed by atoms with Crippen LogP contribution in [0.15, 0.2) is 20.8 Å². The summed E-state index contributed by atoms with van der Waals surface area (Å²) in [6, 6.07) is 0. The van der Waals surface area contributed by atoms with Gasteiger partial charge in [-0.2, -0.15) is 0 Å². The van der Waals surface area contributed by atoms with Crippen LogP contribution in [0, 0.1) is 0 Å². The number of halogens is 1. The number of aromatic nitrogens is 2. The topological polar surface area (TPSA) is 84.3 Å². The number of hydrogen-bond donors (Lipinski definition) is 2. The number of thioether (sulfide) groups is 1. The van der Waals surface area contributed by atoms with E-state index in [9.17, 15) is 9.59 Å². The van der Waals surface area contributed by atoms with Gasteiger partial charge in [0.25, 0.3) is 5.56 Å². The zero-order valence-corrected chi connectivity index (χ0v) is 11.6. The number of rotatable bonds is 3. The molecule has 0 amide bonds. The quantitative estimate of drug-likeness (QED) is 0.840. The average Bonchev–Trinajstić information content (AvgIpc) is 2.81. The van der Waals surface area contributed by atoms with Gasteiger partial charge >= 0.3 is 5.69 Å².